The molecule has 1 aromatic rings. The van der Waals surface area contributed by atoms with Gasteiger partial charge in [0.25, 0.3) is 0 Å². The summed E-state index contributed by atoms with van der Waals surface area (Å²) in [4.78, 5) is 0. The van der Waals surface area contributed by atoms with Crippen molar-refractivity contribution in [2.75, 3.05) is 0 Å². The fourth-order valence-corrected chi connectivity index (χ4v) is 1.22. The molecule has 0 aliphatic heterocycles. The van der Waals surface area contributed by atoms with E-state index in [4.69, 9.17) is 0 Å². The summed E-state index contributed by atoms with van der Waals surface area (Å²) >= 11 is 0. The van der Waals surface area contributed by atoms with Crippen molar-refractivity contribution in [3.05, 3.63) is 34.9 Å². The van der Waals surface area contributed by atoms with Crippen LogP contribution in [0.15, 0.2) is 18.2 Å². The fraction of sp³-hybridized carbons (Fsp3) is 0.273. The number of hydrogen-bond acceptors (Lipinski definition) is 1. The van der Waals surface area contributed by atoms with Gasteiger partial charge in [-0.25, -0.2) is 0 Å². The third-order valence-electron chi connectivity index (χ3n) is 1.93. The zero-order valence-corrected chi connectivity index (χ0v) is 7.76. The smallest absolute Gasteiger partial charge is 0.119 e. The Hall–Kier alpha value is -1.24. The second-order valence-corrected chi connectivity index (χ2v) is 3.00. The Kier molecular flexibility index (Phi) is 2.54. The van der Waals surface area contributed by atoms with Crippen molar-refractivity contribution >= 4 is 6.08 Å². The van der Waals surface area contributed by atoms with E-state index < -0.39 is 0 Å². The Labute approximate surface area is 73.4 Å². The molecule has 0 saturated carbocycles. The van der Waals surface area contributed by atoms with Crippen molar-refractivity contribution in [3.8, 4) is 5.75 Å². The quantitative estimate of drug-likeness (QED) is 0.673. The summed E-state index contributed by atoms with van der Waals surface area (Å²) in [5.41, 5.74) is 3.21. The fourth-order valence-electron chi connectivity index (χ4n) is 1.22. The summed E-state index contributed by atoms with van der Waals surface area (Å²) in [7, 11) is 0. The van der Waals surface area contributed by atoms with Crippen LogP contribution in [0.5, 0.6) is 5.75 Å². The Morgan fingerprint density at radius 1 is 1.17 bits per heavy atom. The maximum atomic E-state index is 9.42. The van der Waals surface area contributed by atoms with E-state index in [9.17, 15) is 5.11 Å². The van der Waals surface area contributed by atoms with E-state index in [0.717, 1.165) is 11.1 Å². The Morgan fingerprint density at radius 3 is 2.42 bits per heavy atom. The molecule has 0 amide bonds. The van der Waals surface area contributed by atoms with E-state index in [0.29, 0.717) is 5.75 Å². The molecule has 64 valence electrons. The Morgan fingerprint density at radius 2 is 1.83 bits per heavy atom. The van der Waals surface area contributed by atoms with Crippen molar-refractivity contribution in [2.45, 2.75) is 20.8 Å². The van der Waals surface area contributed by atoms with Gasteiger partial charge in [-0.2, -0.15) is 0 Å². The summed E-state index contributed by atoms with van der Waals surface area (Å²) in [6, 6.07) is 3.79. The minimum absolute atomic E-state index is 0.369. The van der Waals surface area contributed by atoms with E-state index in [1.165, 1.54) is 5.56 Å². The second-order valence-electron chi connectivity index (χ2n) is 3.00. The Balaban J connectivity index is 3.23. The van der Waals surface area contributed by atoms with Crippen LogP contribution in [0.2, 0.25) is 0 Å². The molecule has 0 saturated heterocycles. The molecule has 12 heavy (non-hydrogen) atoms. The molecule has 0 atom stereocenters. The molecule has 1 aromatic carbocycles. The topological polar surface area (TPSA) is 20.2 Å². The van der Waals surface area contributed by atoms with Gasteiger partial charge in [0.05, 0.1) is 0 Å². The van der Waals surface area contributed by atoms with Crippen molar-refractivity contribution < 1.29 is 5.11 Å². The lowest BCUT2D eigenvalue weighted by Gasteiger charge is -2.04. The third kappa shape index (κ3) is 1.67. The molecule has 0 heterocycles. The number of aryl methyl sites for hydroxylation is 2. The zero-order valence-electron chi connectivity index (χ0n) is 7.76. The molecule has 0 aliphatic rings. The molecule has 0 spiro atoms. The average molecular weight is 162 g/mol. The molecule has 1 nitrogen and oxygen atoms in total. The van der Waals surface area contributed by atoms with Gasteiger partial charge in [0, 0.05) is 0 Å². The first-order valence-electron chi connectivity index (χ1n) is 4.08. The highest BCUT2D eigenvalue weighted by atomic mass is 16.3. The maximum Gasteiger partial charge on any atom is 0.119 e. The number of rotatable bonds is 1. The van der Waals surface area contributed by atoms with Crippen molar-refractivity contribution in [2.24, 2.45) is 0 Å². The van der Waals surface area contributed by atoms with Crippen molar-refractivity contribution in [1.82, 2.24) is 0 Å². The standard InChI is InChI=1S/C11H14O/c1-4-5-10-7-11(12)9(3)6-8(10)2/h4-7,12H,1-3H3/b5-4+. The maximum absolute atomic E-state index is 9.42. The normalized spacial score (nSPS) is 10.9. The SMILES string of the molecule is C/C=C/c1cc(O)c(C)cc1C. The molecule has 0 bridgehead atoms. The lowest BCUT2D eigenvalue weighted by Crippen LogP contribution is -1.83. The van der Waals surface area contributed by atoms with E-state index in [1.807, 2.05) is 39.0 Å². The van der Waals surface area contributed by atoms with Gasteiger partial charge in [0.15, 0.2) is 0 Å². The highest BCUT2D eigenvalue weighted by molar-refractivity contribution is 5.57. The largest absolute Gasteiger partial charge is 0.508 e. The number of allylic oxidation sites excluding steroid dienone is 1. The average Bonchev–Trinajstić information content (AvgIpc) is 2.01. The number of aromatic hydroxyl groups is 1. The molecule has 1 rings (SSSR count). The monoisotopic (exact) mass is 162 g/mol. The summed E-state index contributed by atoms with van der Waals surface area (Å²) in [5, 5.41) is 9.42. The molecule has 1 N–H and O–H groups in total. The molecular formula is C11H14O. The van der Waals surface area contributed by atoms with Gasteiger partial charge in [-0.3, -0.25) is 0 Å². The second kappa shape index (κ2) is 3.44. The molecular weight excluding hydrogens is 148 g/mol. The Bertz CT molecular complexity index is 311. The summed E-state index contributed by atoms with van der Waals surface area (Å²) in [6.45, 7) is 5.92. The lowest BCUT2D eigenvalue weighted by atomic mass is 10.0. The van der Waals surface area contributed by atoms with Crippen molar-refractivity contribution in [1.29, 1.82) is 0 Å². The van der Waals surface area contributed by atoms with Crippen LogP contribution in [0.4, 0.5) is 0 Å². The number of phenolic OH excluding ortho intramolecular Hbond substituents is 1. The van der Waals surface area contributed by atoms with Crippen LogP contribution in [-0.2, 0) is 0 Å². The number of phenols is 1. The zero-order chi connectivity index (χ0) is 9.14. The van der Waals surface area contributed by atoms with Crippen LogP contribution in [0, 0.1) is 13.8 Å². The van der Waals surface area contributed by atoms with Crippen LogP contribution >= 0.6 is 0 Å². The molecule has 1 heteroatoms. The molecule has 0 unspecified atom stereocenters. The summed E-state index contributed by atoms with van der Waals surface area (Å²) in [5.74, 6) is 0.369. The van der Waals surface area contributed by atoms with Crippen LogP contribution in [0.3, 0.4) is 0 Å². The van der Waals surface area contributed by atoms with Gasteiger partial charge >= 0.3 is 0 Å². The molecule has 0 aromatic heterocycles. The van der Waals surface area contributed by atoms with E-state index in [2.05, 4.69) is 0 Å². The van der Waals surface area contributed by atoms with Gasteiger partial charge in [-0.05, 0) is 43.5 Å². The first kappa shape index (κ1) is 8.85. The van der Waals surface area contributed by atoms with E-state index >= 15 is 0 Å². The van der Waals surface area contributed by atoms with Crippen molar-refractivity contribution in [3.63, 3.8) is 0 Å². The van der Waals surface area contributed by atoms with E-state index in [1.54, 1.807) is 6.07 Å². The van der Waals surface area contributed by atoms with Gasteiger partial charge < -0.3 is 5.11 Å². The van der Waals surface area contributed by atoms with Gasteiger partial charge in [-0.15, -0.1) is 0 Å². The van der Waals surface area contributed by atoms with Crippen LogP contribution in [0.1, 0.15) is 23.6 Å². The first-order valence-corrected chi connectivity index (χ1v) is 4.08. The third-order valence-corrected chi connectivity index (χ3v) is 1.93. The summed E-state index contributed by atoms with van der Waals surface area (Å²) in [6.07, 6.45) is 3.96. The molecule has 0 radical (unpaired) electrons. The van der Waals surface area contributed by atoms with Crippen LogP contribution in [-0.4, -0.2) is 5.11 Å². The van der Waals surface area contributed by atoms with Gasteiger partial charge in [-0.1, -0.05) is 18.2 Å². The van der Waals surface area contributed by atoms with Crippen LogP contribution < -0.4 is 0 Å². The minimum atomic E-state index is 0.369. The van der Waals surface area contributed by atoms with E-state index in [-0.39, 0.29) is 0 Å². The molecule has 0 fully saturated rings. The van der Waals surface area contributed by atoms with Gasteiger partial charge in [0.1, 0.15) is 5.75 Å². The predicted molar refractivity (Wildman–Crippen MR) is 52.3 cm³/mol. The predicted octanol–water partition coefficient (Wildman–Crippen LogP) is 3.04. The lowest BCUT2D eigenvalue weighted by molar-refractivity contribution is 0.471. The summed E-state index contributed by atoms with van der Waals surface area (Å²) < 4.78 is 0. The number of benzene rings is 1. The highest BCUT2D eigenvalue weighted by Gasteiger charge is 1.99. The number of hydrogen-bond donors (Lipinski definition) is 1. The minimum Gasteiger partial charge on any atom is -0.508 e. The molecule has 0 aliphatic carbocycles. The highest BCUT2D eigenvalue weighted by Crippen LogP contribution is 2.22. The van der Waals surface area contributed by atoms with Gasteiger partial charge in [0.2, 0.25) is 0 Å². The van der Waals surface area contributed by atoms with Crippen LogP contribution in [0.25, 0.3) is 6.08 Å². The first-order chi connectivity index (χ1) is 5.65.